The van der Waals surface area contributed by atoms with Crippen LogP contribution in [0.15, 0.2) is 48.7 Å². The van der Waals surface area contributed by atoms with E-state index in [1.54, 1.807) is 42.6 Å². The summed E-state index contributed by atoms with van der Waals surface area (Å²) in [5.74, 6) is 1.91. The van der Waals surface area contributed by atoms with Gasteiger partial charge in [0.15, 0.2) is 11.5 Å². The van der Waals surface area contributed by atoms with E-state index >= 15 is 0 Å². The molecule has 1 aliphatic rings. The van der Waals surface area contributed by atoms with Crippen LogP contribution >= 0.6 is 11.6 Å². The highest BCUT2D eigenvalue weighted by molar-refractivity contribution is 6.33. The molecule has 9 heteroatoms. The average Bonchev–Trinajstić information content (AvgIpc) is 3.20. The third-order valence-corrected chi connectivity index (χ3v) is 4.43. The highest BCUT2D eigenvalue weighted by Crippen LogP contribution is 2.44. The van der Waals surface area contributed by atoms with E-state index in [2.05, 4.69) is 25.9 Å². The molecule has 1 amide bonds. The van der Waals surface area contributed by atoms with Gasteiger partial charge >= 0.3 is 0 Å². The third kappa shape index (κ3) is 4.17. The Kier molecular flexibility index (Phi) is 5.35. The fourth-order valence-electron chi connectivity index (χ4n) is 2.81. The molecule has 1 aliphatic heterocycles. The van der Waals surface area contributed by atoms with Crippen molar-refractivity contribution in [1.82, 2.24) is 15.3 Å². The second-order valence-corrected chi connectivity index (χ2v) is 6.52. The Morgan fingerprint density at radius 2 is 2.07 bits per heavy atom. The van der Waals surface area contributed by atoms with Gasteiger partial charge in [0.25, 0.3) is 5.91 Å². The normalized spacial score (nSPS) is 11.8. The SMILES string of the molecule is CCNC(=O)c1cccc(Nc2nccc(Nc3c(Cl)ccc4c3OCO4)n2)c1. The Balaban J connectivity index is 1.54. The molecule has 0 aliphatic carbocycles. The van der Waals surface area contributed by atoms with Crippen LogP contribution in [0.2, 0.25) is 5.02 Å². The molecule has 0 atom stereocenters. The van der Waals surface area contributed by atoms with Crippen molar-refractivity contribution in [2.75, 3.05) is 24.0 Å². The highest BCUT2D eigenvalue weighted by Gasteiger charge is 2.21. The van der Waals surface area contributed by atoms with E-state index in [1.165, 1.54) is 0 Å². The summed E-state index contributed by atoms with van der Waals surface area (Å²) < 4.78 is 10.9. The Hall–Kier alpha value is -3.52. The Morgan fingerprint density at radius 3 is 2.93 bits per heavy atom. The number of ether oxygens (including phenoxy) is 2. The Bertz CT molecular complexity index is 1060. The van der Waals surface area contributed by atoms with Crippen molar-refractivity contribution >= 4 is 40.6 Å². The van der Waals surface area contributed by atoms with Crippen molar-refractivity contribution < 1.29 is 14.3 Å². The number of benzene rings is 2. The molecule has 148 valence electrons. The lowest BCUT2D eigenvalue weighted by Gasteiger charge is -2.12. The lowest BCUT2D eigenvalue weighted by molar-refractivity contribution is 0.0956. The first-order valence-electron chi connectivity index (χ1n) is 8.97. The molecule has 2 aromatic carbocycles. The monoisotopic (exact) mass is 411 g/mol. The minimum absolute atomic E-state index is 0.137. The van der Waals surface area contributed by atoms with E-state index in [4.69, 9.17) is 21.1 Å². The summed E-state index contributed by atoms with van der Waals surface area (Å²) in [6, 6.07) is 12.3. The summed E-state index contributed by atoms with van der Waals surface area (Å²) in [4.78, 5) is 20.7. The van der Waals surface area contributed by atoms with Gasteiger partial charge in [-0.1, -0.05) is 17.7 Å². The van der Waals surface area contributed by atoms with Gasteiger partial charge in [-0.05, 0) is 43.3 Å². The molecule has 0 saturated heterocycles. The summed E-state index contributed by atoms with van der Waals surface area (Å²) in [5.41, 5.74) is 1.82. The molecular formula is C20H18ClN5O3. The molecule has 4 rings (SSSR count). The van der Waals surface area contributed by atoms with Crippen LogP contribution in [0, 0.1) is 0 Å². The summed E-state index contributed by atoms with van der Waals surface area (Å²) in [5, 5.41) is 9.51. The maximum absolute atomic E-state index is 12.0. The molecule has 3 N–H and O–H groups in total. The molecule has 2 heterocycles. The van der Waals surface area contributed by atoms with Crippen molar-refractivity contribution in [3.8, 4) is 11.5 Å². The van der Waals surface area contributed by atoms with Gasteiger partial charge in [-0.15, -0.1) is 0 Å². The fraction of sp³-hybridized carbons (Fsp3) is 0.150. The van der Waals surface area contributed by atoms with Crippen LogP contribution in [-0.2, 0) is 0 Å². The van der Waals surface area contributed by atoms with E-state index in [0.717, 1.165) is 0 Å². The number of hydrogen-bond donors (Lipinski definition) is 3. The number of nitrogens with zero attached hydrogens (tertiary/aromatic N) is 2. The van der Waals surface area contributed by atoms with Gasteiger partial charge in [-0.3, -0.25) is 4.79 Å². The maximum Gasteiger partial charge on any atom is 0.251 e. The van der Waals surface area contributed by atoms with Crippen molar-refractivity contribution in [1.29, 1.82) is 0 Å². The maximum atomic E-state index is 12.0. The lowest BCUT2D eigenvalue weighted by Crippen LogP contribution is -2.22. The molecule has 0 fully saturated rings. The molecule has 1 aromatic heterocycles. The van der Waals surface area contributed by atoms with Gasteiger partial charge in [0.2, 0.25) is 12.7 Å². The first-order chi connectivity index (χ1) is 14.1. The number of carbonyl (C=O) groups is 1. The van der Waals surface area contributed by atoms with Gasteiger partial charge in [0, 0.05) is 24.0 Å². The van der Waals surface area contributed by atoms with Crippen LogP contribution in [0.3, 0.4) is 0 Å². The van der Waals surface area contributed by atoms with Crippen LogP contribution in [0.25, 0.3) is 0 Å². The summed E-state index contributed by atoms with van der Waals surface area (Å²) in [7, 11) is 0. The van der Waals surface area contributed by atoms with Gasteiger partial charge in [-0.25, -0.2) is 4.98 Å². The van der Waals surface area contributed by atoms with Gasteiger partial charge in [0.05, 0.1) is 5.02 Å². The number of anilines is 4. The van der Waals surface area contributed by atoms with E-state index in [0.29, 0.717) is 51.8 Å². The molecule has 29 heavy (non-hydrogen) atoms. The van der Waals surface area contributed by atoms with Crippen molar-refractivity contribution in [3.05, 3.63) is 59.2 Å². The van der Waals surface area contributed by atoms with Gasteiger partial charge in [-0.2, -0.15) is 4.98 Å². The molecule has 8 nitrogen and oxygen atoms in total. The summed E-state index contributed by atoms with van der Waals surface area (Å²) in [6.45, 7) is 2.58. The van der Waals surface area contributed by atoms with E-state index in [-0.39, 0.29) is 12.7 Å². The molecule has 0 unspecified atom stereocenters. The third-order valence-electron chi connectivity index (χ3n) is 4.12. The van der Waals surface area contributed by atoms with E-state index in [1.807, 2.05) is 13.0 Å². The van der Waals surface area contributed by atoms with Crippen LogP contribution in [0.5, 0.6) is 11.5 Å². The standard InChI is InChI=1S/C20H18ClN5O3/c1-2-22-19(27)12-4-3-5-13(10-12)24-20-23-9-8-16(26-20)25-17-14(21)6-7-15-18(17)29-11-28-15/h3-10H,2,11H2,1H3,(H,22,27)(H2,23,24,25,26). The molecule has 3 aromatic rings. The van der Waals surface area contributed by atoms with Gasteiger partial charge < -0.3 is 25.4 Å². The first kappa shape index (κ1) is 18.8. The predicted octanol–water partition coefficient (Wildman–Crippen LogP) is 4.10. The minimum Gasteiger partial charge on any atom is -0.454 e. The summed E-state index contributed by atoms with van der Waals surface area (Å²) in [6.07, 6.45) is 1.61. The highest BCUT2D eigenvalue weighted by atomic mass is 35.5. The zero-order valence-electron chi connectivity index (χ0n) is 15.5. The zero-order chi connectivity index (χ0) is 20.2. The number of halogens is 1. The van der Waals surface area contributed by atoms with Crippen LogP contribution in [0.1, 0.15) is 17.3 Å². The number of nitrogens with one attached hydrogen (secondary N) is 3. The summed E-state index contributed by atoms with van der Waals surface area (Å²) >= 11 is 6.31. The van der Waals surface area contributed by atoms with E-state index in [9.17, 15) is 4.79 Å². The second kappa shape index (κ2) is 8.24. The van der Waals surface area contributed by atoms with Crippen LogP contribution < -0.4 is 25.4 Å². The smallest absolute Gasteiger partial charge is 0.251 e. The van der Waals surface area contributed by atoms with Crippen LogP contribution in [0.4, 0.5) is 23.1 Å². The first-order valence-corrected chi connectivity index (χ1v) is 9.35. The lowest BCUT2D eigenvalue weighted by atomic mass is 10.2. The van der Waals surface area contributed by atoms with Gasteiger partial charge in [0.1, 0.15) is 11.5 Å². The zero-order valence-corrected chi connectivity index (χ0v) is 16.3. The predicted molar refractivity (Wildman–Crippen MR) is 111 cm³/mol. The Morgan fingerprint density at radius 1 is 1.17 bits per heavy atom. The van der Waals surface area contributed by atoms with Crippen LogP contribution in [-0.4, -0.2) is 29.2 Å². The number of carbonyl (C=O) groups excluding carboxylic acids is 1. The fourth-order valence-corrected chi connectivity index (χ4v) is 3.01. The molecule has 0 saturated carbocycles. The molecule has 0 radical (unpaired) electrons. The van der Waals surface area contributed by atoms with E-state index < -0.39 is 0 Å². The largest absolute Gasteiger partial charge is 0.454 e. The quantitative estimate of drug-likeness (QED) is 0.561. The molecule has 0 spiro atoms. The molecular weight excluding hydrogens is 394 g/mol. The minimum atomic E-state index is -0.137. The number of fused-ring (bicyclic) bond motifs is 1. The number of amides is 1. The van der Waals surface area contributed by atoms with Crippen molar-refractivity contribution in [2.45, 2.75) is 6.92 Å². The Labute approximate surface area is 172 Å². The topological polar surface area (TPSA) is 97.4 Å². The number of hydrogen-bond acceptors (Lipinski definition) is 7. The molecule has 0 bridgehead atoms. The van der Waals surface area contributed by atoms with Crippen molar-refractivity contribution in [2.24, 2.45) is 0 Å². The number of rotatable bonds is 6. The number of aromatic nitrogens is 2. The average molecular weight is 412 g/mol. The second-order valence-electron chi connectivity index (χ2n) is 6.11. The van der Waals surface area contributed by atoms with Crippen molar-refractivity contribution in [3.63, 3.8) is 0 Å².